The van der Waals surface area contributed by atoms with Crippen LogP contribution in [0.3, 0.4) is 0 Å². The summed E-state index contributed by atoms with van der Waals surface area (Å²) >= 11 is 0. The minimum Gasteiger partial charge on any atom is -0.382 e. The predicted molar refractivity (Wildman–Crippen MR) is 83.0 cm³/mol. The maximum absolute atomic E-state index is 4.28. The van der Waals surface area contributed by atoms with Gasteiger partial charge in [0.1, 0.15) is 0 Å². The molecular formula is C17H23N3. The van der Waals surface area contributed by atoms with Crippen LogP contribution < -0.4 is 5.32 Å². The van der Waals surface area contributed by atoms with E-state index in [4.69, 9.17) is 0 Å². The maximum Gasteiger partial charge on any atom is 0.0948 e. The molecule has 0 aliphatic carbocycles. The molecule has 1 aliphatic rings. The van der Waals surface area contributed by atoms with Crippen LogP contribution in [0.1, 0.15) is 37.4 Å². The number of imidazole rings is 1. The number of hydrogen-bond acceptors (Lipinski definition) is 2. The second-order valence-electron chi connectivity index (χ2n) is 5.65. The monoisotopic (exact) mass is 269 g/mol. The van der Waals surface area contributed by atoms with Gasteiger partial charge in [-0.1, -0.05) is 25.1 Å². The fourth-order valence-electron chi connectivity index (χ4n) is 3.04. The molecule has 0 saturated heterocycles. The van der Waals surface area contributed by atoms with E-state index >= 15 is 0 Å². The molecule has 20 heavy (non-hydrogen) atoms. The molecule has 0 fully saturated rings. The molecule has 1 atom stereocenters. The lowest BCUT2D eigenvalue weighted by atomic mass is 9.95. The van der Waals surface area contributed by atoms with Gasteiger partial charge < -0.3 is 9.88 Å². The standard InChI is InChI=1S/C17H23N3/c1-2-11-20-13-18-12-16(20)10-9-15-8-7-14-5-3-4-6-17(14)19-15/h3-6,12-13,15,19H,2,7-11H2,1H3. The van der Waals surface area contributed by atoms with E-state index in [-0.39, 0.29) is 0 Å². The van der Waals surface area contributed by atoms with E-state index in [9.17, 15) is 0 Å². The zero-order chi connectivity index (χ0) is 13.8. The van der Waals surface area contributed by atoms with Gasteiger partial charge in [0, 0.05) is 30.2 Å². The summed E-state index contributed by atoms with van der Waals surface area (Å²) in [6.07, 6.45) is 9.87. The summed E-state index contributed by atoms with van der Waals surface area (Å²) in [5, 5.41) is 3.68. The van der Waals surface area contributed by atoms with Gasteiger partial charge in [0.2, 0.25) is 0 Å². The molecule has 3 heteroatoms. The summed E-state index contributed by atoms with van der Waals surface area (Å²) in [4.78, 5) is 4.28. The van der Waals surface area contributed by atoms with Gasteiger partial charge in [0.25, 0.3) is 0 Å². The number of benzene rings is 1. The lowest BCUT2D eigenvalue weighted by Crippen LogP contribution is -2.26. The molecule has 106 valence electrons. The molecule has 2 aromatic rings. The fourth-order valence-corrected chi connectivity index (χ4v) is 3.04. The van der Waals surface area contributed by atoms with Crippen LogP contribution in [0.25, 0.3) is 0 Å². The Kier molecular flexibility index (Phi) is 4.05. The number of nitrogens with zero attached hydrogens (tertiary/aromatic N) is 2. The van der Waals surface area contributed by atoms with Crippen LogP contribution >= 0.6 is 0 Å². The van der Waals surface area contributed by atoms with Crippen molar-refractivity contribution >= 4 is 5.69 Å². The summed E-state index contributed by atoms with van der Waals surface area (Å²) in [5.41, 5.74) is 4.15. The van der Waals surface area contributed by atoms with E-state index in [1.807, 2.05) is 12.5 Å². The third kappa shape index (κ3) is 2.87. The lowest BCUT2D eigenvalue weighted by Gasteiger charge is -2.27. The molecule has 1 aromatic carbocycles. The van der Waals surface area contributed by atoms with E-state index in [0.29, 0.717) is 6.04 Å². The predicted octanol–water partition coefficient (Wildman–Crippen LogP) is 3.65. The van der Waals surface area contributed by atoms with E-state index in [1.54, 1.807) is 0 Å². The Morgan fingerprint density at radius 3 is 3.15 bits per heavy atom. The van der Waals surface area contributed by atoms with Crippen molar-refractivity contribution in [1.82, 2.24) is 9.55 Å². The van der Waals surface area contributed by atoms with Gasteiger partial charge in [-0.05, 0) is 43.7 Å². The van der Waals surface area contributed by atoms with Crippen molar-refractivity contribution in [2.75, 3.05) is 5.32 Å². The van der Waals surface area contributed by atoms with E-state index in [2.05, 4.69) is 46.1 Å². The zero-order valence-electron chi connectivity index (χ0n) is 12.2. The van der Waals surface area contributed by atoms with Gasteiger partial charge in [-0.15, -0.1) is 0 Å². The molecule has 0 radical (unpaired) electrons. The first-order valence-electron chi connectivity index (χ1n) is 7.70. The van der Waals surface area contributed by atoms with Gasteiger partial charge in [-0.3, -0.25) is 0 Å². The molecule has 0 amide bonds. The normalized spacial score (nSPS) is 17.6. The number of para-hydroxylation sites is 1. The Morgan fingerprint density at radius 1 is 1.35 bits per heavy atom. The first-order valence-corrected chi connectivity index (χ1v) is 7.70. The highest BCUT2D eigenvalue weighted by atomic mass is 15.0. The van der Waals surface area contributed by atoms with Crippen LogP contribution in [0.15, 0.2) is 36.8 Å². The van der Waals surface area contributed by atoms with Crippen molar-refractivity contribution in [2.24, 2.45) is 0 Å². The highest BCUT2D eigenvalue weighted by molar-refractivity contribution is 5.53. The van der Waals surface area contributed by atoms with Gasteiger partial charge in [-0.25, -0.2) is 4.98 Å². The largest absolute Gasteiger partial charge is 0.382 e. The van der Waals surface area contributed by atoms with Crippen molar-refractivity contribution < 1.29 is 0 Å². The van der Waals surface area contributed by atoms with Gasteiger partial charge >= 0.3 is 0 Å². The minimum atomic E-state index is 0.592. The highest BCUT2D eigenvalue weighted by Crippen LogP contribution is 2.26. The number of nitrogens with one attached hydrogen (secondary N) is 1. The molecular weight excluding hydrogens is 246 g/mol. The number of rotatable bonds is 5. The first-order chi connectivity index (χ1) is 9.86. The number of anilines is 1. The number of aromatic nitrogens is 2. The van der Waals surface area contributed by atoms with Crippen molar-refractivity contribution in [1.29, 1.82) is 0 Å². The molecule has 0 saturated carbocycles. The second kappa shape index (κ2) is 6.12. The molecule has 0 spiro atoms. The average Bonchev–Trinajstić information content (AvgIpc) is 2.93. The topological polar surface area (TPSA) is 29.9 Å². The van der Waals surface area contributed by atoms with E-state index in [0.717, 1.165) is 13.0 Å². The number of aryl methyl sites for hydroxylation is 3. The van der Waals surface area contributed by atoms with Crippen LogP contribution in [-0.2, 0) is 19.4 Å². The van der Waals surface area contributed by atoms with Crippen molar-refractivity contribution in [3.63, 3.8) is 0 Å². The number of hydrogen-bond donors (Lipinski definition) is 1. The Labute approximate surface area is 121 Å². The van der Waals surface area contributed by atoms with E-state index in [1.165, 1.54) is 42.6 Å². The van der Waals surface area contributed by atoms with Crippen LogP contribution in [0.5, 0.6) is 0 Å². The highest BCUT2D eigenvalue weighted by Gasteiger charge is 2.17. The van der Waals surface area contributed by atoms with Crippen LogP contribution in [0.4, 0.5) is 5.69 Å². The molecule has 0 bridgehead atoms. The average molecular weight is 269 g/mol. The quantitative estimate of drug-likeness (QED) is 0.898. The molecule has 1 aliphatic heterocycles. The molecule has 3 rings (SSSR count). The van der Waals surface area contributed by atoms with Gasteiger partial charge in [0.15, 0.2) is 0 Å². The smallest absolute Gasteiger partial charge is 0.0948 e. The summed E-state index contributed by atoms with van der Waals surface area (Å²) in [6.45, 7) is 3.29. The Balaban J connectivity index is 1.59. The summed E-state index contributed by atoms with van der Waals surface area (Å²) < 4.78 is 2.29. The van der Waals surface area contributed by atoms with Gasteiger partial charge in [0.05, 0.1) is 6.33 Å². The summed E-state index contributed by atoms with van der Waals surface area (Å²) in [5.74, 6) is 0. The summed E-state index contributed by atoms with van der Waals surface area (Å²) in [7, 11) is 0. The van der Waals surface area contributed by atoms with E-state index < -0.39 is 0 Å². The van der Waals surface area contributed by atoms with Crippen LogP contribution in [0.2, 0.25) is 0 Å². The molecule has 1 aromatic heterocycles. The minimum absolute atomic E-state index is 0.592. The van der Waals surface area contributed by atoms with Crippen LogP contribution in [-0.4, -0.2) is 15.6 Å². The Bertz CT molecular complexity index is 559. The maximum atomic E-state index is 4.28. The third-order valence-corrected chi connectivity index (χ3v) is 4.15. The van der Waals surface area contributed by atoms with Crippen molar-refractivity contribution in [3.8, 4) is 0 Å². The zero-order valence-corrected chi connectivity index (χ0v) is 12.2. The Morgan fingerprint density at radius 2 is 2.25 bits per heavy atom. The molecule has 1 unspecified atom stereocenters. The van der Waals surface area contributed by atoms with Crippen LogP contribution in [0, 0.1) is 0 Å². The summed E-state index contributed by atoms with van der Waals surface area (Å²) in [6, 6.07) is 9.27. The number of fused-ring (bicyclic) bond motifs is 1. The van der Waals surface area contributed by atoms with Crippen molar-refractivity contribution in [2.45, 2.75) is 51.6 Å². The SMILES string of the molecule is CCCn1cncc1CCC1CCc2ccccc2N1. The van der Waals surface area contributed by atoms with Crippen molar-refractivity contribution in [3.05, 3.63) is 48.0 Å². The third-order valence-electron chi connectivity index (χ3n) is 4.15. The second-order valence-corrected chi connectivity index (χ2v) is 5.65. The fraction of sp³-hybridized carbons (Fsp3) is 0.471. The molecule has 1 N–H and O–H groups in total. The first kappa shape index (κ1) is 13.2. The molecule has 2 heterocycles. The lowest BCUT2D eigenvalue weighted by molar-refractivity contribution is 0.563. The Hall–Kier alpha value is -1.77. The van der Waals surface area contributed by atoms with Gasteiger partial charge in [-0.2, -0.15) is 0 Å². The molecule has 3 nitrogen and oxygen atoms in total.